The minimum absolute atomic E-state index is 0.367. The van der Waals surface area contributed by atoms with Crippen LogP contribution in [0.4, 0.5) is 0 Å². The molecular formula is C15H13N3O. The summed E-state index contributed by atoms with van der Waals surface area (Å²) in [5.74, 6) is -0.367. The molecule has 94 valence electrons. The number of hydrogen-bond donors (Lipinski definition) is 0. The lowest BCUT2D eigenvalue weighted by atomic mass is 9.91. The molecular weight excluding hydrogens is 238 g/mol. The molecule has 0 spiro atoms. The summed E-state index contributed by atoms with van der Waals surface area (Å²) < 4.78 is 4.92. The summed E-state index contributed by atoms with van der Waals surface area (Å²) in [6.07, 6.45) is 10.2. The first-order chi connectivity index (χ1) is 9.36. The zero-order valence-corrected chi connectivity index (χ0v) is 10.5. The van der Waals surface area contributed by atoms with E-state index in [4.69, 9.17) is 4.74 Å². The van der Waals surface area contributed by atoms with Crippen LogP contribution in [0.15, 0.2) is 49.2 Å². The highest BCUT2D eigenvalue weighted by molar-refractivity contribution is 5.55. The number of aromatic nitrogens is 2. The van der Waals surface area contributed by atoms with Gasteiger partial charge in [0.15, 0.2) is 0 Å². The summed E-state index contributed by atoms with van der Waals surface area (Å²) in [6.45, 7) is 0. The Kier molecular flexibility index (Phi) is 4.25. The second kappa shape index (κ2) is 6.31. The van der Waals surface area contributed by atoms with Gasteiger partial charge in [-0.15, -0.1) is 0 Å². The van der Waals surface area contributed by atoms with Crippen molar-refractivity contribution >= 4 is 6.08 Å². The number of nitrogens with zero attached hydrogens (tertiary/aromatic N) is 3. The number of hydrogen-bond acceptors (Lipinski definition) is 4. The van der Waals surface area contributed by atoms with Gasteiger partial charge in [-0.1, -0.05) is 6.07 Å². The Morgan fingerprint density at radius 2 is 2.11 bits per heavy atom. The zero-order valence-electron chi connectivity index (χ0n) is 10.5. The van der Waals surface area contributed by atoms with E-state index < -0.39 is 0 Å². The van der Waals surface area contributed by atoms with E-state index in [0.717, 1.165) is 16.7 Å². The van der Waals surface area contributed by atoms with Crippen molar-refractivity contribution in [2.75, 3.05) is 7.11 Å². The van der Waals surface area contributed by atoms with Crippen molar-refractivity contribution in [2.24, 2.45) is 0 Å². The second-order valence-corrected chi connectivity index (χ2v) is 3.89. The van der Waals surface area contributed by atoms with Gasteiger partial charge >= 0.3 is 0 Å². The molecule has 0 saturated carbocycles. The summed E-state index contributed by atoms with van der Waals surface area (Å²) in [6, 6.07) is 7.87. The van der Waals surface area contributed by atoms with Crippen LogP contribution in [0.25, 0.3) is 6.08 Å². The average molecular weight is 251 g/mol. The molecule has 0 fully saturated rings. The van der Waals surface area contributed by atoms with Crippen LogP contribution in [0.3, 0.4) is 0 Å². The fourth-order valence-electron chi connectivity index (χ4n) is 1.83. The maximum absolute atomic E-state index is 9.43. The van der Waals surface area contributed by atoms with Gasteiger partial charge in [0.05, 0.1) is 25.4 Å². The van der Waals surface area contributed by atoms with Crippen LogP contribution in [0.5, 0.6) is 0 Å². The molecule has 4 heteroatoms. The Hall–Kier alpha value is -2.67. The summed E-state index contributed by atoms with van der Waals surface area (Å²) in [5.41, 5.74) is 2.61. The molecule has 0 aliphatic rings. The van der Waals surface area contributed by atoms with Gasteiger partial charge in [0, 0.05) is 30.4 Å². The highest BCUT2D eigenvalue weighted by atomic mass is 16.5. The van der Waals surface area contributed by atoms with Crippen molar-refractivity contribution in [3.05, 3.63) is 65.9 Å². The van der Waals surface area contributed by atoms with Crippen LogP contribution in [0, 0.1) is 11.3 Å². The standard InChI is InChI=1S/C15H13N3O/c1-19-8-5-13-11-18-7-4-14(13)15(9-16)12-3-2-6-17-10-12/h2-8,10-11,15H,1H3/b8-5+. The lowest BCUT2D eigenvalue weighted by molar-refractivity contribution is 0.341. The molecule has 2 aromatic rings. The van der Waals surface area contributed by atoms with E-state index in [1.54, 1.807) is 44.2 Å². The fraction of sp³-hybridized carbons (Fsp3) is 0.133. The lowest BCUT2D eigenvalue weighted by Gasteiger charge is -2.11. The SMILES string of the molecule is CO/C=C/c1cnccc1C(C#N)c1cccnc1. The largest absolute Gasteiger partial charge is 0.504 e. The molecule has 19 heavy (non-hydrogen) atoms. The third-order valence-corrected chi connectivity index (χ3v) is 2.73. The summed E-state index contributed by atoms with van der Waals surface area (Å²) >= 11 is 0. The smallest absolute Gasteiger partial charge is 0.0984 e. The minimum atomic E-state index is -0.367. The molecule has 0 aliphatic carbocycles. The fourth-order valence-corrected chi connectivity index (χ4v) is 1.83. The maximum atomic E-state index is 9.43. The molecule has 0 radical (unpaired) electrons. The Balaban J connectivity index is 2.45. The van der Waals surface area contributed by atoms with Crippen LogP contribution in [0.2, 0.25) is 0 Å². The van der Waals surface area contributed by atoms with E-state index in [1.807, 2.05) is 18.2 Å². The molecule has 2 rings (SSSR count). The number of ether oxygens (including phenoxy) is 1. The molecule has 1 atom stereocenters. The molecule has 1 unspecified atom stereocenters. The Morgan fingerprint density at radius 3 is 2.79 bits per heavy atom. The Bertz CT molecular complexity index is 602. The van der Waals surface area contributed by atoms with Gasteiger partial charge in [-0.3, -0.25) is 9.97 Å². The quantitative estimate of drug-likeness (QED) is 0.784. The van der Waals surface area contributed by atoms with Crippen LogP contribution < -0.4 is 0 Å². The molecule has 0 amide bonds. The van der Waals surface area contributed by atoms with Crippen molar-refractivity contribution in [1.82, 2.24) is 9.97 Å². The normalized spacial score (nSPS) is 12.0. The van der Waals surface area contributed by atoms with E-state index in [9.17, 15) is 5.26 Å². The molecule has 4 nitrogen and oxygen atoms in total. The van der Waals surface area contributed by atoms with Gasteiger partial charge in [-0.25, -0.2) is 0 Å². The van der Waals surface area contributed by atoms with E-state index >= 15 is 0 Å². The van der Waals surface area contributed by atoms with E-state index in [1.165, 1.54) is 0 Å². The highest BCUT2D eigenvalue weighted by Gasteiger charge is 2.16. The molecule has 0 aromatic carbocycles. The summed E-state index contributed by atoms with van der Waals surface area (Å²) in [4.78, 5) is 8.14. The van der Waals surface area contributed by atoms with E-state index in [0.29, 0.717) is 0 Å². The molecule has 0 aliphatic heterocycles. The van der Waals surface area contributed by atoms with Crippen molar-refractivity contribution in [3.63, 3.8) is 0 Å². The topological polar surface area (TPSA) is 58.8 Å². The number of rotatable bonds is 4. The molecule has 2 heterocycles. The zero-order chi connectivity index (χ0) is 13.5. The molecule has 0 bridgehead atoms. The van der Waals surface area contributed by atoms with Gasteiger partial charge < -0.3 is 4.74 Å². The van der Waals surface area contributed by atoms with Gasteiger partial charge in [-0.2, -0.15) is 5.26 Å². The minimum Gasteiger partial charge on any atom is -0.504 e. The number of nitriles is 1. The highest BCUT2D eigenvalue weighted by Crippen LogP contribution is 2.26. The second-order valence-electron chi connectivity index (χ2n) is 3.89. The third-order valence-electron chi connectivity index (χ3n) is 2.73. The van der Waals surface area contributed by atoms with Crippen molar-refractivity contribution < 1.29 is 4.74 Å². The Labute approximate surface area is 112 Å². The number of pyridine rings is 2. The summed E-state index contributed by atoms with van der Waals surface area (Å²) in [5, 5.41) is 9.43. The first-order valence-electron chi connectivity index (χ1n) is 5.79. The van der Waals surface area contributed by atoms with Crippen LogP contribution in [-0.4, -0.2) is 17.1 Å². The molecule has 0 N–H and O–H groups in total. The van der Waals surface area contributed by atoms with E-state index in [-0.39, 0.29) is 5.92 Å². The van der Waals surface area contributed by atoms with Crippen LogP contribution >= 0.6 is 0 Å². The van der Waals surface area contributed by atoms with Gasteiger partial charge in [0.1, 0.15) is 0 Å². The Morgan fingerprint density at radius 1 is 1.26 bits per heavy atom. The van der Waals surface area contributed by atoms with Crippen molar-refractivity contribution in [1.29, 1.82) is 5.26 Å². The number of methoxy groups -OCH3 is 1. The van der Waals surface area contributed by atoms with Gasteiger partial charge in [0.25, 0.3) is 0 Å². The molecule has 2 aromatic heterocycles. The van der Waals surface area contributed by atoms with Crippen LogP contribution in [0.1, 0.15) is 22.6 Å². The summed E-state index contributed by atoms with van der Waals surface area (Å²) in [7, 11) is 1.58. The van der Waals surface area contributed by atoms with Crippen molar-refractivity contribution in [3.8, 4) is 6.07 Å². The predicted octanol–water partition coefficient (Wildman–Crippen LogP) is 2.75. The third kappa shape index (κ3) is 2.96. The predicted molar refractivity (Wildman–Crippen MR) is 72.0 cm³/mol. The lowest BCUT2D eigenvalue weighted by Crippen LogP contribution is -2.01. The van der Waals surface area contributed by atoms with Crippen molar-refractivity contribution in [2.45, 2.75) is 5.92 Å². The van der Waals surface area contributed by atoms with Crippen LogP contribution in [-0.2, 0) is 4.74 Å². The average Bonchev–Trinajstić information content (AvgIpc) is 2.48. The first kappa shape index (κ1) is 12.8. The van der Waals surface area contributed by atoms with Gasteiger partial charge in [-0.05, 0) is 29.3 Å². The maximum Gasteiger partial charge on any atom is 0.0984 e. The van der Waals surface area contributed by atoms with E-state index in [2.05, 4.69) is 16.0 Å². The van der Waals surface area contributed by atoms with Gasteiger partial charge in [0.2, 0.25) is 0 Å². The monoisotopic (exact) mass is 251 g/mol. The first-order valence-corrected chi connectivity index (χ1v) is 5.79. The molecule has 0 saturated heterocycles.